The number of nitrogens with zero attached hydrogens (tertiary/aromatic N) is 2. The van der Waals surface area contributed by atoms with E-state index in [-0.39, 0.29) is 23.2 Å². The average Bonchev–Trinajstić information content (AvgIpc) is 2.73. The first-order valence-corrected chi connectivity index (χ1v) is 11.2. The van der Waals surface area contributed by atoms with Crippen molar-refractivity contribution in [3.8, 4) is 11.1 Å². The van der Waals surface area contributed by atoms with Crippen molar-refractivity contribution in [3.05, 3.63) is 93.8 Å². The molecule has 0 aliphatic rings. The zero-order valence-corrected chi connectivity index (χ0v) is 18.7. The van der Waals surface area contributed by atoms with Gasteiger partial charge >= 0.3 is 0 Å². The zero-order chi connectivity index (χ0) is 23.6. The second kappa shape index (κ2) is 8.96. The fourth-order valence-electron chi connectivity index (χ4n) is 3.32. The Kier molecular flexibility index (Phi) is 6.50. The second-order valence-electron chi connectivity index (χ2n) is 7.49. The molecular weight excluding hydrogens is 436 g/mol. The molecule has 1 aromatic heterocycles. The summed E-state index contributed by atoms with van der Waals surface area (Å²) in [6, 6.07) is 9.98. The topological polar surface area (TPSA) is 71.4 Å². The van der Waals surface area contributed by atoms with E-state index in [0.29, 0.717) is 22.4 Å². The number of nitrogens with one attached hydrogen (secondary N) is 1. The first-order valence-electron chi connectivity index (χ1n) is 9.62. The van der Waals surface area contributed by atoms with Gasteiger partial charge in [-0.15, -0.1) is 0 Å². The Balaban J connectivity index is 2.23. The number of aryl methyl sites for hydroxylation is 1. The van der Waals surface area contributed by atoms with Crippen LogP contribution in [0, 0.1) is 11.6 Å². The van der Waals surface area contributed by atoms with E-state index in [9.17, 15) is 22.0 Å². The summed E-state index contributed by atoms with van der Waals surface area (Å²) in [5.41, 5.74) is 1.99. The van der Waals surface area contributed by atoms with Gasteiger partial charge in [0.25, 0.3) is 15.6 Å². The minimum atomic E-state index is -3.76. The highest BCUT2D eigenvalue weighted by Gasteiger charge is 2.17. The van der Waals surface area contributed by atoms with Crippen molar-refractivity contribution in [3.63, 3.8) is 0 Å². The van der Waals surface area contributed by atoms with Gasteiger partial charge in [-0.3, -0.25) is 9.52 Å². The SMILES string of the molecule is C=CS(=O)(=O)Nc1ccc(Cc2c(F)cccc2F)c(-c2cc(N(C)C)c(=O)n(C)c2)c1. The van der Waals surface area contributed by atoms with Crippen LogP contribution in [0.3, 0.4) is 0 Å². The largest absolute Gasteiger partial charge is 0.373 e. The minimum absolute atomic E-state index is 0.0670. The van der Waals surface area contributed by atoms with Crippen LogP contribution < -0.4 is 15.2 Å². The van der Waals surface area contributed by atoms with E-state index >= 15 is 0 Å². The average molecular weight is 460 g/mol. The van der Waals surface area contributed by atoms with Gasteiger partial charge in [0.1, 0.15) is 17.3 Å². The smallest absolute Gasteiger partial charge is 0.273 e. The van der Waals surface area contributed by atoms with Gasteiger partial charge in [0.2, 0.25) is 0 Å². The number of benzene rings is 2. The van der Waals surface area contributed by atoms with Gasteiger partial charge in [-0.2, -0.15) is 0 Å². The van der Waals surface area contributed by atoms with E-state index in [1.807, 2.05) is 0 Å². The van der Waals surface area contributed by atoms with E-state index < -0.39 is 21.7 Å². The van der Waals surface area contributed by atoms with E-state index in [0.717, 1.165) is 5.41 Å². The van der Waals surface area contributed by atoms with Crippen LogP contribution in [0.15, 0.2) is 65.4 Å². The van der Waals surface area contributed by atoms with E-state index in [4.69, 9.17) is 0 Å². The molecule has 0 aliphatic heterocycles. The summed E-state index contributed by atoms with van der Waals surface area (Å²) in [6.07, 6.45) is 1.53. The number of halogens is 2. The van der Waals surface area contributed by atoms with Gasteiger partial charge in [-0.1, -0.05) is 18.7 Å². The van der Waals surface area contributed by atoms with Crippen molar-refractivity contribution in [1.29, 1.82) is 0 Å². The highest BCUT2D eigenvalue weighted by molar-refractivity contribution is 7.95. The number of rotatable bonds is 7. The van der Waals surface area contributed by atoms with Gasteiger partial charge in [0, 0.05) is 56.0 Å². The lowest BCUT2D eigenvalue weighted by molar-refractivity contribution is 0.561. The van der Waals surface area contributed by atoms with E-state index in [1.54, 1.807) is 50.4 Å². The fraction of sp³-hybridized carbons (Fsp3) is 0.174. The van der Waals surface area contributed by atoms with Crippen LogP contribution >= 0.6 is 0 Å². The van der Waals surface area contributed by atoms with Crippen LogP contribution in [0.4, 0.5) is 20.2 Å². The van der Waals surface area contributed by atoms with Crippen LogP contribution in [-0.2, 0) is 23.5 Å². The summed E-state index contributed by atoms with van der Waals surface area (Å²) < 4.78 is 56.3. The van der Waals surface area contributed by atoms with E-state index in [1.165, 1.54) is 28.8 Å². The van der Waals surface area contributed by atoms with Crippen molar-refractivity contribution in [1.82, 2.24) is 4.57 Å². The lowest BCUT2D eigenvalue weighted by atomic mass is 9.94. The Morgan fingerprint density at radius 3 is 2.38 bits per heavy atom. The van der Waals surface area contributed by atoms with Crippen molar-refractivity contribution in [2.24, 2.45) is 7.05 Å². The molecule has 0 bridgehead atoms. The standard InChI is InChI=1S/C23H23F2N3O3S/c1-5-32(30,31)26-17-10-9-15(11-19-20(24)7-6-8-21(19)25)18(13-17)16-12-22(27(2)3)23(29)28(4)14-16/h5-10,12-14,26H,1,11H2,2-4H3. The third-order valence-electron chi connectivity index (χ3n) is 4.98. The molecule has 3 aromatic rings. The molecule has 0 saturated heterocycles. The van der Waals surface area contributed by atoms with Gasteiger partial charge in [0.15, 0.2) is 0 Å². The minimum Gasteiger partial charge on any atom is -0.373 e. The lowest BCUT2D eigenvalue weighted by Crippen LogP contribution is -2.25. The van der Waals surface area contributed by atoms with Crippen LogP contribution in [-0.4, -0.2) is 27.1 Å². The first-order chi connectivity index (χ1) is 15.0. The molecule has 0 atom stereocenters. The van der Waals surface area contributed by atoms with Gasteiger partial charge in [-0.25, -0.2) is 17.2 Å². The van der Waals surface area contributed by atoms with Crippen molar-refractivity contribution >= 4 is 21.4 Å². The Morgan fingerprint density at radius 2 is 1.78 bits per heavy atom. The zero-order valence-electron chi connectivity index (χ0n) is 17.9. The van der Waals surface area contributed by atoms with Crippen molar-refractivity contribution < 1.29 is 17.2 Å². The third kappa shape index (κ3) is 4.88. The number of hydrogen-bond acceptors (Lipinski definition) is 4. The number of pyridine rings is 1. The Labute approximate surface area is 185 Å². The van der Waals surface area contributed by atoms with Gasteiger partial charge in [-0.05, 0) is 41.5 Å². The number of hydrogen-bond donors (Lipinski definition) is 1. The quantitative estimate of drug-likeness (QED) is 0.582. The first kappa shape index (κ1) is 23.2. The predicted octanol–water partition coefficient (Wildman–Crippen LogP) is 3.87. The normalized spacial score (nSPS) is 11.3. The molecule has 1 N–H and O–H groups in total. The highest BCUT2D eigenvalue weighted by Crippen LogP contribution is 2.31. The molecule has 1 heterocycles. The molecule has 0 radical (unpaired) electrons. The molecule has 6 nitrogen and oxygen atoms in total. The number of anilines is 2. The summed E-state index contributed by atoms with van der Waals surface area (Å²) in [7, 11) is 1.29. The molecule has 0 spiro atoms. The molecule has 3 rings (SSSR count). The summed E-state index contributed by atoms with van der Waals surface area (Å²) >= 11 is 0. The van der Waals surface area contributed by atoms with Gasteiger partial charge < -0.3 is 9.47 Å². The monoisotopic (exact) mass is 459 g/mol. The maximum absolute atomic E-state index is 14.3. The molecule has 0 amide bonds. The fourth-order valence-corrected chi connectivity index (χ4v) is 3.86. The van der Waals surface area contributed by atoms with Crippen molar-refractivity contribution in [2.75, 3.05) is 23.7 Å². The summed E-state index contributed by atoms with van der Waals surface area (Å²) in [6.45, 7) is 3.28. The molecule has 32 heavy (non-hydrogen) atoms. The molecule has 0 saturated carbocycles. The summed E-state index contributed by atoms with van der Waals surface area (Å²) in [4.78, 5) is 14.1. The van der Waals surface area contributed by atoms with E-state index in [2.05, 4.69) is 11.3 Å². The molecular formula is C23H23F2N3O3S. The number of sulfonamides is 1. The summed E-state index contributed by atoms with van der Waals surface area (Å²) in [5.74, 6) is -1.36. The Morgan fingerprint density at radius 1 is 1.12 bits per heavy atom. The van der Waals surface area contributed by atoms with Crippen LogP contribution in [0.2, 0.25) is 0 Å². The van der Waals surface area contributed by atoms with Crippen LogP contribution in [0.1, 0.15) is 11.1 Å². The molecule has 9 heteroatoms. The summed E-state index contributed by atoms with van der Waals surface area (Å²) in [5, 5.41) is 0.783. The second-order valence-corrected chi connectivity index (χ2v) is 9.11. The lowest BCUT2D eigenvalue weighted by Gasteiger charge is -2.18. The van der Waals surface area contributed by atoms with Crippen molar-refractivity contribution in [2.45, 2.75) is 6.42 Å². The molecule has 0 fully saturated rings. The molecule has 0 unspecified atom stereocenters. The van der Waals surface area contributed by atoms with Crippen LogP contribution in [0.5, 0.6) is 0 Å². The Hall–Kier alpha value is -3.46. The Bertz CT molecular complexity index is 1330. The third-order valence-corrected chi connectivity index (χ3v) is 5.93. The van der Waals surface area contributed by atoms with Gasteiger partial charge in [0.05, 0.1) is 0 Å². The van der Waals surface area contributed by atoms with Crippen LogP contribution in [0.25, 0.3) is 11.1 Å². The predicted molar refractivity (Wildman–Crippen MR) is 123 cm³/mol. The highest BCUT2D eigenvalue weighted by atomic mass is 32.2. The molecule has 0 aliphatic carbocycles. The molecule has 168 valence electrons. The number of aromatic nitrogens is 1. The maximum Gasteiger partial charge on any atom is 0.273 e. The molecule has 2 aromatic carbocycles. The maximum atomic E-state index is 14.3.